The van der Waals surface area contributed by atoms with Crippen molar-refractivity contribution in [1.82, 2.24) is 0 Å². The second kappa shape index (κ2) is 5.15. The predicted octanol–water partition coefficient (Wildman–Crippen LogP) is 4.10. The van der Waals surface area contributed by atoms with Crippen molar-refractivity contribution in [2.45, 2.75) is 16.7 Å². The Kier molecular flexibility index (Phi) is 3.59. The van der Waals surface area contributed by atoms with Crippen molar-refractivity contribution in [3.63, 3.8) is 0 Å². The lowest BCUT2D eigenvalue weighted by Gasteiger charge is -2.05. The quantitative estimate of drug-likeness (QED) is 0.758. The van der Waals surface area contributed by atoms with Crippen molar-refractivity contribution in [2.24, 2.45) is 0 Å². The van der Waals surface area contributed by atoms with Gasteiger partial charge in [-0.15, -0.1) is 0 Å². The van der Waals surface area contributed by atoms with Crippen LogP contribution in [0.15, 0.2) is 52.3 Å². The molecule has 0 unspecified atom stereocenters. The van der Waals surface area contributed by atoms with Crippen LogP contribution >= 0.6 is 11.8 Å². The molecule has 0 aliphatic heterocycles. The molecule has 0 aromatic heterocycles. The molecule has 0 amide bonds. The Balaban J connectivity index is 2.33. The molecule has 0 heterocycles. The van der Waals surface area contributed by atoms with Gasteiger partial charge in [0.25, 0.3) is 0 Å². The van der Waals surface area contributed by atoms with Gasteiger partial charge < -0.3 is 0 Å². The number of hydrogen-bond acceptors (Lipinski definition) is 2. The Bertz CT molecular complexity index is 552. The van der Waals surface area contributed by atoms with Crippen LogP contribution in [0.5, 0.6) is 0 Å². The number of aryl methyl sites for hydroxylation is 1. The largest absolute Gasteiger partial charge is 0.298 e. The average Bonchev–Trinajstić information content (AvgIpc) is 2.31. The molecular formula is C14H11FOS. The summed E-state index contributed by atoms with van der Waals surface area (Å²) >= 11 is 1.46. The van der Waals surface area contributed by atoms with Crippen molar-refractivity contribution < 1.29 is 9.18 Å². The minimum Gasteiger partial charge on any atom is -0.298 e. The minimum atomic E-state index is -0.384. The van der Waals surface area contributed by atoms with Gasteiger partial charge in [-0.25, -0.2) is 4.39 Å². The number of benzene rings is 2. The summed E-state index contributed by atoms with van der Waals surface area (Å²) in [6.45, 7) is 2.00. The van der Waals surface area contributed by atoms with Gasteiger partial charge in [0.15, 0.2) is 0 Å². The molecule has 0 fully saturated rings. The molecule has 0 aliphatic carbocycles. The van der Waals surface area contributed by atoms with Gasteiger partial charge in [0.1, 0.15) is 12.1 Å². The fourth-order valence-corrected chi connectivity index (χ4v) is 2.51. The van der Waals surface area contributed by atoms with Crippen LogP contribution in [0, 0.1) is 12.7 Å². The zero-order valence-corrected chi connectivity index (χ0v) is 10.1. The first kappa shape index (κ1) is 11.9. The normalized spacial score (nSPS) is 10.2. The van der Waals surface area contributed by atoms with Crippen molar-refractivity contribution in [3.05, 3.63) is 59.4 Å². The molecule has 3 heteroatoms. The van der Waals surface area contributed by atoms with Crippen molar-refractivity contribution >= 4 is 18.0 Å². The van der Waals surface area contributed by atoms with Crippen LogP contribution in [0.4, 0.5) is 4.39 Å². The molecule has 0 saturated heterocycles. The van der Waals surface area contributed by atoms with Crippen LogP contribution in [0.2, 0.25) is 0 Å². The van der Waals surface area contributed by atoms with Gasteiger partial charge in [0.2, 0.25) is 0 Å². The fraction of sp³-hybridized carbons (Fsp3) is 0.0714. The molecule has 2 aromatic rings. The molecule has 2 rings (SSSR count). The molecule has 0 spiro atoms. The van der Waals surface area contributed by atoms with Crippen molar-refractivity contribution in [1.29, 1.82) is 0 Å². The standard InChI is InChI=1S/C14H11FOS/c1-10-4-2-3-5-14(10)17-13-7-11(9-16)6-12(15)8-13/h2-9H,1H3. The van der Waals surface area contributed by atoms with E-state index in [1.165, 1.54) is 23.9 Å². The Morgan fingerprint density at radius 3 is 2.65 bits per heavy atom. The Morgan fingerprint density at radius 1 is 1.18 bits per heavy atom. The SMILES string of the molecule is Cc1ccccc1Sc1cc(F)cc(C=O)c1. The minimum absolute atomic E-state index is 0.362. The molecule has 0 N–H and O–H groups in total. The zero-order chi connectivity index (χ0) is 12.3. The van der Waals surface area contributed by atoms with Crippen molar-refractivity contribution in [2.75, 3.05) is 0 Å². The first-order valence-electron chi connectivity index (χ1n) is 5.18. The van der Waals surface area contributed by atoms with Crippen LogP contribution in [0.1, 0.15) is 15.9 Å². The molecule has 2 aromatic carbocycles. The molecular weight excluding hydrogens is 235 g/mol. The highest BCUT2D eigenvalue weighted by Gasteiger charge is 2.04. The van der Waals surface area contributed by atoms with E-state index in [1.807, 2.05) is 31.2 Å². The summed E-state index contributed by atoms with van der Waals surface area (Å²) in [5, 5.41) is 0. The summed E-state index contributed by atoms with van der Waals surface area (Å²) in [4.78, 5) is 12.5. The van der Waals surface area contributed by atoms with E-state index in [1.54, 1.807) is 6.07 Å². The topological polar surface area (TPSA) is 17.1 Å². The van der Waals surface area contributed by atoms with Gasteiger partial charge >= 0.3 is 0 Å². The third-order valence-corrected chi connectivity index (χ3v) is 3.50. The summed E-state index contributed by atoms with van der Waals surface area (Å²) in [7, 11) is 0. The Labute approximate surface area is 104 Å². The summed E-state index contributed by atoms with van der Waals surface area (Å²) < 4.78 is 13.2. The first-order chi connectivity index (χ1) is 8.19. The maximum atomic E-state index is 13.2. The molecule has 86 valence electrons. The van der Waals surface area contributed by atoms with E-state index in [-0.39, 0.29) is 5.82 Å². The summed E-state index contributed by atoms with van der Waals surface area (Å²) in [5.74, 6) is -0.384. The number of rotatable bonds is 3. The maximum absolute atomic E-state index is 13.2. The highest BCUT2D eigenvalue weighted by Crippen LogP contribution is 2.30. The summed E-state index contributed by atoms with van der Waals surface area (Å²) in [6.07, 6.45) is 0.658. The number of hydrogen-bond donors (Lipinski definition) is 0. The monoisotopic (exact) mass is 246 g/mol. The van der Waals surface area contributed by atoms with E-state index in [0.29, 0.717) is 11.8 Å². The third kappa shape index (κ3) is 2.94. The van der Waals surface area contributed by atoms with Gasteiger partial charge in [0.05, 0.1) is 0 Å². The molecule has 0 aliphatic rings. The second-order valence-electron chi connectivity index (χ2n) is 3.71. The van der Waals surface area contributed by atoms with Crippen LogP contribution < -0.4 is 0 Å². The highest BCUT2D eigenvalue weighted by molar-refractivity contribution is 7.99. The van der Waals surface area contributed by atoms with E-state index in [9.17, 15) is 9.18 Å². The van der Waals surface area contributed by atoms with Gasteiger partial charge in [-0.1, -0.05) is 30.0 Å². The number of carbonyl (C=O) groups excluding carboxylic acids is 1. The summed E-state index contributed by atoms with van der Waals surface area (Å²) in [6, 6.07) is 12.2. The van der Waals surface area contributed by atoms with Crippen LogP contribution in [0.25, 0.3) is 0 Å². The average molecular weight is 246 g/mol. The van der Waals surface area contributed by atoms with Crippen LogP contribution in [-0.2, 0) is 0 Å². The molecule has 0 bridgehead atoms. The fourth-order valence-electron chi connectivity index (χ4n) is 1.51. The van der Waals surface area contributed by atoms with E-state index in [0.717, 1.165) is 15.4 Å². The second-order valence-corrected chi connectivity index (χ2v) is 4.82. The van der Waals surface area contributed by atoms with Crippen molar-refractivity contribution in [3.8, 4) is 0 Å². The lowest BCUT2D eigenvalue weighted by atomic mass is 10.2. The van der Waals surface area contributed by atoms with Gasteiger partial charge in [-0.05, 0) is 36.8 Å². The van der Waals surface area contributed by atoms with Gasteiger partial charge in [0, 0.05) is 15.4 Å². The Morgan fingerprint density at radius 2 is 1.94 bits per heavy atom. The van der Waals surface area contributed by atoms with Crippen LogP contribution in [-0.4, -0.2) is 6.29 Å². The first-order valence-corrected chi connectivity index (χ1v) is 6.00. The van der Waals surface area contributed by atoms with E-state index >= 15 is 0 Å². The number of aldehydes is 1. The van der Waals surface area contributed by atoms with Crippen LogP contribution in [0.3, 0.4) is 0 Å². The van der Waals surface area contributed by atoms with Gasteiger partial charge in [-0.2, -0.15) is 0 Å². The van der Waals surface area contributed by atoms with E-state index in [4.69, 9.17) is 0 Å². The lowest BCUT2D eigenvalue weighted by molar-refractivity contribution is 0.112. The van der Waals surface area contributed by atoms with Gasteiger partial charge in [-0.3, -0.25) is 4.79 Å². The molecule has 0 radical (unpaired) electrons. The molecule has 0 saturated carbocycles. The van der Waals surface area contributed by atoms with E-state index < -0.39 is 0 Å². The molecule has 0 atom stereocenters. The number of carbonyl (C=O) groups is 1. The molecule has 17 heavy (non-hydrogen) atoms. The number of halogens is 1. The highest BCUT2D eigenvalue weighted by atomic mass is 32.2. The predicted molar refractivity (Wildman–Crippen MR) is 67.1 cm³/mol. The zero-order valence-electron chi connectivity index (χ0n) is 9.31. The maximum Gasteiger partial charge on any atom is 0.150 e. The Hall–Kier alpha value is -1.61. The lowest BCUT2D eigenvalue weighted by Crippen LogP contribution is -1.85. The third-order valence-electron chi connectivity index (χ3n) is 2.35. The van der Waals surface area contributed by atoms with E-state index in [2.05, 4.69) is 0 Å². The smallest absolute Gasteiger partial charge is 0.150 e. The molecule has 1 nitrogen and oxygen atoms in total. The summed E-state index contributed by atoms with van der Waals surface area (Å²) in [5.41, 5.74) is 1.50.